The summed E-state index contributed by atoms with van der Waals surface area (Å²) in [5.41, 5.74) is 5.57. The maximum atomic E-state index is 13.9. The van der Waals surface area contributed by atoms with E-state index in [-0.39, 0.29) is 17.9 Å². The molecule has 1 heterocycles. The molecule has 10 heteroatoms. The number of primary amides is 1. The van der Waals surface area contributed by atoms with E-state index in [9.17, 15) is 18.0 Å². The van der Waals surface area contributed by atoms with Gasteiger partial charge in [0.25, 0.3) is 0 Å². The van der Waals surface area contributed by atoms with Gasteiger partial charge in [-0.25, -0.2) is 28.1 Å². The Hall–Kier alpha value is -3.17. The lowest BCUT2D eigenvalue weighted by molar-refractivity contribution is -0.118. The molecule has 1 aromatic heterocycles. The van der Waals surface area contributed by atoms with E-state index in [0.717, 1.165) is 6.42 Å². The van der Waals surface area contributed by atoms with Gasteiger partial charge in [0.1, 0.15) is 17.3 Å². The fourth-order valence-electron chi connectivity index (χ4n) is 2.55. The van der Waals surface area contributed by atoms with Crippen LogP contribution in [0.3, 0.4) is 0 Å². The van der Waals surface area contributed by atoms with Crippen LogP contribution < -0.4 is 16.4 Å². The van der Waals surface area contributed by atoms with Crippen molar-refractivity contribution in [3.05, 3.63) is 41.5 Å². The highest BCUT2D eigenvalue weighted by atomic mass is 19.1. The van der Waals surface area contributed by atoms with E-state index < -0.39 is 23.1 Å². The first-order valence-corrected chi connectivity index (χ1v) is 11.2. The second-order valence-corrected chi connectivity index (χ2v) is 8.89. The molecule has 0 saturated heterocycles. The van der Waals surface area contributed by atoms with Crippen molar-refractivity contribution in [2.45, 2.75) is 67.3 Å². The summed E-state index contributed by atoms with van der Waals surface area (Å²) < 4.78 is 40.8. The quantitative estimate of drug-likeness (QED) is 0.331. The number of hydrogen-bond acceptors (Lipinski definition) is 5. The summed E-state index contributed by atoms with van der Waals surface area (Å²) in [5, 5.41) is 6.11. The SMILES string of the molecule is CC(C)CCC(N)=O.Cc1nc(NC(C)C)ncc1NC(=Nc1c(F)cc(F)cc1F)C(C)C. The van der Waals surface area contributed by atoms with Crippen molar-refractivity contribution in [3.8, 4) is 0 Å². The molecule has 0 bridgehead atoms. The van der Waals surface area contributed by atoms with Crippen LogP contribution >= 0.6 is 0 Å². The van der Waals surface area contributed by atoms with Crippen LogP contribution in [0.25, 0.3) is 0 Å². The van der Waals surface area contributed by atoms with Gasteiger partial charge in [-0.05, 0) is 33.1 Å². The predicted octanol–water partition coefficient (Wildman–Crippen LogP) is 5.73. The molecule has 4 N–H and O–H groups in total. The highest BCUT2D eigenvalue weighted by molar-refractivity contribution is 5.98. The number of nitrogens with one attached hydrogen (secondary N) is 2. The summed E-state index contributed by atoms with van der Waals surface area (Å²) >= 11 is 0. The number of aliphatic imine (C=N–C) groups is 1. The standard InChI is InChI=1S/C18H22F3N5.C6H13NO/c1-9(2)17(26-16-13(20)6-12(19)7-14(16)21)25-15-8-22-18(23-10(3)4)24-11(15)5;1-5(2)3-4-6(7)8/h6-10H,1-5H3,(H,25,26)(H,22,23,24);5H,3-4H2,1-2H3,(H2,7,8). The second kappa shape index (κ2) is 13.5. The number of nitrogens with two attached hydrogens (primary N) is 1. The molecule has 0 atom stereocenters. The monoisotopic (exact) mass is 480 g/mol. The molecule has 1 amide bonds. The predicted molar refractivity (Wildman–Crippen MR) is 131 cm³/mol. The number of halogens is 3. The lowest BCUT2D eigenvalue weighted by Crippen LogP contribution is -2.20. The van der Waals surface area contributed by atoms with Gasteiger partial charge in [0.15, 0.2) is 11.6 Å². The highest BCUT2D eigenvalue weighted by Gasteiger charge is 2.15. The Morgan fingerprint density at radius 2 is 1.68 bits per heavy atom. The number of nitrogens with zero attached hydrogens (tertiary/aromatic N) is 3. The molecule has 0 radical (unpaired) electrons. The Kier molecular flexibility index (Phi) is 11.5. The van der Waals surface area contributed by atoms with E-state index in [1.165, 1.54) is 0 Å². The minimum atomic E-state index is -1.06. The molecule has 0 aliphatic rings. The summed E-state index contributed by atoms with van der Waals surface area (Å²) in [7, 11) is 0. The fraction of sp³-hybridized carbons (Fsp3) is 0.500. The lowest BCUT2D eigenvalue weighted by Gasteiger charge is -2.16. The molecule has 188 valence electrons. The molecule has 34 heavy (non-hydrogen) atoms. The minimum Gasteiger partial charge on any atom is -0.370 e. The van der Waals surface area contributed by atoms with Crippen molar-refractivity contribution in [3.63, 3.8) is 0 Å². The van der Waals surface area contributed by atoms with Crippen LogP contribution in [-0.4, -0.2) is 27.8 Å². The Morgan fingerprint density at radius 3 is 2.09 bits per heavy atom. The first-order valence-electron chi connectivity index (χ1n) is 11.2. The minimum absolute atomic E-state index is 0.174. The smallest absolute Gasteiger partial charge is 0.223 e. The average molecular weight is 481 g/mol. The molecule has 2 rings (SSSR count). The number of hydrogen-bond donors (Lipinski definition) is 3. The van der Waals surface area contributed by atoms with Gasteiger partial charge in [0.2, 0.25) is 11.9 Å². The third kappa shape index (κ3) is 10.2. The van der Waals surface area contributed by atoms with Gasteiger partial charge in [-0.15, -0.1) is 0 Å². The first-order chi connectivity index (χ1) is 15.8. The number of aromatic nitrogens is 2. The lowest BCUT2D eigenvalue weighted by atomic mass is 10.1. The van der Waals surface area contributed by atoms with Crippen molar-refractivity contribution in [2.24, 2.45) is 22.6 Å². The number of amides is 1. The van der Waals surface area contributed by atoms with Gasteiger partial charge in [0, 0.05) is 30.5 Å². The van der Waals surface area contributed by atoms with Gasteiger partial charge in [-0.3, -0.25) is 4.79 Å². The summed E-state index contributed by atoms with van der Waals surface area (Å²) in [5.74, 6) is -2.10. The zero-order chi connectivity index (χ0) is 26.0. The molecule has 0 aliphatic carbocycles. The number of carbonyl (C=O) groups is 1. The van der Waals surface area contributed by atoms with Gasteiger partial charge in [0.05, 0.1) is 17.6 Å². The molecular formula is C24H35F3N6O. The zero-order valence-electron chi connectivity index (χ0n) is 20.8. The van der Waals surface area contributed by atoms with Crippen LogP contribution in [0, 0.1) is 36.2 Å². The normalized spacial score (nSPS) is 11.5. The van der Waals surface area contributed by atoms with Crippen LogP contribution in [-0.2, 0) is 4.79 Å². The number of anilines is 2. The molecule has 0 unspecified atom stereocenters. The second-order valence-electron chi connectivity index (χ2n) is 8.89. The Bertz CT molecular complexity index is 970. The molecule has 1 aromatic carbocycles. The van der Waals surface area contributed by atoms with Crippen molar-refractivity contribution in [1.29, 1.82) is 0 Å². The van der Waals surface area contributed by atoms with Gasteiger partial charge >= 0.3 is 0 Å². The number of rotatable bonds is 8. The van der Waals surface area contributed by atoms with Crippen LogP contribution in [0.5, 0.6) is 0 Å². The van der Waals surface area contributed by atoms with E-state index in [1.807, 2.05) is 27.7 Å². The summed E-state index contributed by atoms with van der Waals surface area (Å²) in [6, 6.07) is 1.38. The van der Waals surface area contributed by atoms with E-state index >= 15 is 0 Å². The summed E-state index contributed by atoms with van der Waals surface area (Å²) in [6.45, 7) is 13.5. The van der Waals surface area contributed by atoms with Crippen LogP contribution in [0.2, 0.25) is 0 Å². The van der Waals surface area contributed by atoms with Crippen molar-refractivity contribution in [2.75, 3.05) is 10.6 Å². The van der Waals surface area contributed by atoms with Gasteiger partial charge < -0.3 is 16.4 Å². The first kappa shape index (κ1) is 28.9. The molecule has 0 aliphatic heterocycles. The van der Waals surface area contributed by atoms with Gasteiger partial charge in [-0.1, -0.05) is 27.7 Å². The van der Waals surface area contributed by atoms with E-state index in [1.54, 1.807) is 13.1 Å². The maximum Gasteiger partial charge on any atom is 0.223 e. The molecule has 7 nitrogen and oxygen atoms in total. The van der Waals surface area contributed by atoms with E-state index in [2.05, 4.69) is 39.4 Å². The Morgan fingerprint density at radius 1 is 1.09 bits per heavy atom. The highest BCUT2D eigenvalue weighted by Crippen LogP contribution is 2.25. The third-order valence-electron chi connectivity index (χ3n) is 4.39. The largest absolute Gasteiger partial charge is 0.370 e. The topological polar surface area (TPSA) is 105 Å². The van der Waals surface area contributed by atoms with E-state index in [0.29, 0.717) is 47.6 Å². The summed E-state index contributed by atoms with van der Waals surface area (Å²) in [4.78, 5) is 22.7. The van der Waals surface area contributed by atoms with Gasteiger partial charge in [-0.2, -0.15) is 0 Å². The molecule has 0 spiro atoms. The number of aryl methyl sites for hydroxylation is 1. The summed E-state index contributed by atoms with van der Waals surface area (Å²) in [6.07, 6.45) is 3.01. The molecule has 2 aromatic rings. The van der Waals surface area contributed by atoms with Crippen LogP contribution in [0.1, 0.15) is 60.1 Å². The molecular weight excluding hydrogens is 445 g/mol. The van der Waals surface area contributed by atoms with Crippen molar-refractivity contribution >= 4 is 29.1 Å². The number of carbonyl (C=O) groups excluding carboxylic acids is 1. The Labute approximate surface area is 199 Å². The van der Waals surface area contributed by atoms with E-state index in [4.69, 9.17) is 5.73 Å². The Balaban J connectivity index is 0.000000620. The molecule has 0 saturated carbocycles. The fourth-order valence-corrected chi connectivity index (χ4v) is 2.55. The number of benzene rings is 1. The van der Waals surface area contributed by atoms with Crippen molar-refractivity contribution < 1.29 is 18.0 Å². The number of amidine groups is 1. The maximum absolute atomic E-state index is 13.9. The average Bonchev–Trinajstić information content (AvgIpc) is 2.69. The van der Waals surface area contributed by atoms with Crippen molar-refractivity contribution in [1.82, 2.24) is 9.97 Å². The third-order valence-corrected chi connectivity index (χ3v) is 4.39. The van der Waals surface area contributed by atoms with Crippen LogP contribution in [0.4, 0.5) is 30.5 Å². The molecule has 0 fully saturated rings. The van der Waals surface area contributed by atoms with Crippen LogP contribution in [0.15, 0.2) is 23.3 Å². The zero-order valence-corrected chi connectivity index (χ0v) is 20.8.